The first-order valence-electron chi connectivity index (χ1n) is 7.26. The standard InChI is InChI=1S/C16H18N2O5/c19-14(18-13(16(22)23)8-15(20)21)7-3-4-10-9-17-12-6-2-1-5-11(10)12/h1-2,5-6,9,13,17H,3-4,7-8H2,(H,18,19)(H,20,21)(H,22,23)/t13-/m0/s1. The van der Waals surface area contributed by atoms with Crippen LogP contribution in [0, 0.1) is 0 Å². The molecule has 0 saturated heterocycles. The third-order valence-electron chi connectivity index (χ3n) is 3.54. The van der Waals surface area contributed by atoms with Gasteiger partial charge in [-0.3, -0.25) is 9.59 Å². The minimum Gasteiger partial charge on any atom is -0.481 e. The zero-order chi connectivity index (χ0) is 16.8. The summed E-state index contributed by atoms with van der Waals surface area (Å²) in [6.07, 6.45) is 2.63. The number of aromatic amines is 1. The molecule has 0 aliphatic rings. The van der Waals surface area contributed by atoms with Gasteiger partial charge in [-0.05, 0) is 24.5 Å². The number of carboxylic acid groups (broad SMARTS) is 2. The van der Waals surface area contributed by atoms with Crippen molar-refractivity contribution < 1.29 is 24.6 Å². The van der Waals surface area contributed by atoms with Crippen LogP contribution in [0.1, 0.15) is 24.8 Å². The van der Waals surface area contributed by atoms with Crippen LogP contribution in [0.2, 0.25) is 0 Å². The Morgan fingerprint density at radius 2 is 1.91 bits per heavy atom. The van der Waals surface area contributed by atoms with E-state index in [2.05, 4.69) is 10.3 Å². The maximum Gasteiger partial charge on any atom is 0.326 e. The van der Waals surface area contributed by atoms with Crippen molar-refractivity contribution in [3.05, 3.63) is 36.0 Å². The van der Waals surface area contributed by atoms with E-state index >= 15 is 0 Å². The van der Waals surface area contributed by atoms with Gasteiger partial charge in [0.2, 0.25) is 5.91 Å². The quantitative estimate of drug-likeness (QED) is 0.588. The van der Waals surface area contributed by atoms with Crippen LogP contribution in [0.3, 0.4) is 0 Å². The molecular weight excluding hydrogens is 300 g/mol. The van der Waals surface area contributed by atoms with E-state index in [1.165, 1.54) is 0 Å². The fourth-order valence-corrected chi connectivity index (χ4v) is 2.42. The summed E-state index contributed by atoms with van der Waals surface area (Å²) < 4.78 is 0. The third-order valence-corrected chi connectivity index (χ3v) is 3.54. The average molecular weight is 318 g/mol. The van der Waals surface area contributed by atoms with E-state index in [1.54, 1.807) is 0 Å². The summed E-state index contributed by atoms with van der Waals surface area (Å²) in [7, 11) is 0. The lowest BCUT2D eigenvalue weighted by molar-refractivity contribution is -0.147. The Morgan fingerprint density at radius 3 is 2.61 bits per heavy atom. The van der Waals surface area contributed by atoms with Gasteiger partial charge in [0.05, 0.1) is 6.42 Å². The summed E-state index contributed by atoms with van der Waals surface area (Å²) >= 11 is 0. The van der Waals surface area contributed by atoms with Crippen molar-refractivity contribution in [3.63, 3.8) is 0 Å². The number of rotatable bonds is 8. The van der Waals surface area contributed by atoms with Gasteiger partial charge in [0, 0.05) is 23.5 Å². The van der Waals surface area contributed by atoms with Crippen molar-refractivity contribution in [2.45, 2.75) is 31.7 Å². The molecule has 1 amide bonds. The Balaban J connectivity index is 1.84. The number of aliphatic carboxylic acids is 2. The lowest BCUT2D eigenvalue weighted by atomic mass is 10.1. The van der Waals surface area contributed by atoms with Crippen LogP contribution in [0.15, 0.2) is 30.5 Å². The molecule has 1 aromatic heterocycles. The highest BCUT2D eigenvalue weighted by Gasteiger charge is 2.22. The van der Waals surface area contributed by atoms with Gasteiger partial charge in [-0.15, -0.1) is 0 Å². The number of aromatic nitrogens is 1. The van der Waals surface area contributed by atoms with Crippen LogP contribution in [-0.2, 0) is 20.8 Å². The Hall–Kier alpha value is -2.83. The average Bonchev–Trinajstić information content (AvgIpc) is 2.89. The molecule has 0 spiro atoms. The van der Waals surface area contributed by atoms with Crippen molar-refractivity contribution >= 4 is 28.7 Å². The van der Waals surface area contributed by atoms with E-state index in [0.717, 1.165) is 16.5 Å². The second-order valence-corrected chi connectivity index (χ2v) is 5.27. The van der Waals surface area contributed by atoms with E-state index in [9.17, 15) is 14.4 Å². The summed E-state index contributed by atoms with van der Waals surface area (Å²) in [6.45, 7) is 0. The number of carboxylic acids is 2. The van der Waals surface area contributed by atoms with Gasteiger partial charge in [0.1, 0.15) is 6.04 Å². The van der Waals surface area contributed by atoms with Gasteiger partial charge in [0.25, 0.3) is 0 Å². The highest BCUT2D eigenvalue weighted by atomic mass is 16.4. The number of nitrogens with one attached hydrogen (secondary N) is 2. The van der Waals surface area contributed by atoms with Crippen molar-refractivity contribution in [1.29, 1.82) is 0 Å². The van der Waals surface area contributed by atoms with Gasteiger partial charge >= 0.3 is 11.9 Å². The number of carbonyl (C=O) groups is 3. The van der Waals surface area contributed by atoms with Crippen LogP contribution < -0.4 is 5.32 Å². The van der Waals surface area contributed by atoms with Gasteiger partial charge in [-0.2, -0.15) is 0 Å². The molecule has 0 unspecified atom stereocenters. The number of hydrogen-bond acceptors (Lipinski definition) is 3. The highest BCUT2D eigenvalue weighted by molar-refractivity contribution is 5.87. The largest absolute Gasteiger partial charge is 0.481 e. The molecule has 0 fully saturated rings. The molecule has 4 N–H and O–H groups in total. The minimum atomic E-state index is -1.40. The zero-order valence-corrected chi connectivity index (χ0v) is 12.4. The molecule has 23 heavy (non-hydrogen) atoms. The molecule has 7 nitrogen and oxygen atoms in total. The normalized spacial score (nSPS) is 12.0. The Labute approximate surface area is 132 Å². The lowest BCUT2D eigenvalue weighted by Crippen LogP contribution is -2.42. The van der Waals surface area contributed by atoms with Crippen molar-refractivity contribution in [1.82, 2.24) is 10.3 Å². The van der Waals surface area contributed by atoms with Crippen molar-refractivity contribution in [2.24, 2.45) is 0 Å². The number of hydrogen-bond donors (Lipinski definition) is 4. The highest BCUT2D eigenvalue weighted by Crippen LogP contribution is 2.19. The molecule has 0 aliphatic carbocycles. The molecule has 0 bridgehead atoms. The van der Waals surface area contributed by atoms with Gasteiger partial charge in [-0.1, -0.05) is 18.2 Å². The summed E-state index contributed by atoms with van der Waals surface area (Å²) in [6, 6.07) is 6.44. The van der Waals surface area contributed by atoms with Crippen LogP contribution in [-0.4, -0.2) is 39.1 Å². The van der Waals surface area contributed by atoms with E-state index in [1.807, 2.05) is 30.5 Å². The number of fused-ring (bicyclic) bond motifs is 1. The smallest absolute Gasteiger partial charge is 0.326 e. The van der Waals surface area contributed by atoms with Gasteiger partial charge in [-0.25, -0.2) is 4.79 Å². The molecule has 2 rings (SSSR count). The molecular formula is C16H18N2O5. The molecule has 2 aromatic rings. The Morgan fingerprint density at radius 1 is 1.17 bits per heavy atom. The fourth-order valence-electron chi connectivity index (χ4n) is 2.42. The third kappa shape index (κ3) is 4.57. The molecule has 122 valence electrons. The first-order chi connectivity index (χ1) is 11.0. The molecule has 7 heteroatoms. The predicted octanol–water partition coefficient (Wildman–Crippen LogP) is 1.53. The first kappa shape index (κ1) is 16.5. The number of carbonyl (C=O) groups excluding carboxylic acids is 1. The SMILES string of the molecule is O=C(O)C[C@H](NC(=O)CCCc1c[nH]c2ccccc12)C(=O)O. The molecule has 0 radical (unpaired) electrons. The molecule has 0 saturated carbocycles. The van der Waals surface area contributed by atoms with Crippen LogP contribution in [0.5, 0.6) is 0 Å². The maximum absolute atomic E-state index is 11.8. The van der Waals surface area contributed by atoms with Crippen molar-refractivity contribution in [3.8, 4) is 0 Å². The predicted molar refractivity (Wildman–Crippen MR) is 83.1 cm³/mol. The number of H-pyrrole nitrogens is 1. The van der Waals surface area contributed by atoms with Gasteiger partial charge < -0.3 is 20.5 Å². The summed E-state index contributed by atoms with van der Waals surface area (Å²) in [5.41, 5.74) is 2.12. The summed E-state index contributed by atoms with van der Waals surface area (Å²) in [4.78, 5) is 36.4. The van der Waals surface area contributed by atoms with E-state index in [0.29, 0.717) is 12.8 Å². The number of para-hydroxylation sites is 1. The number of benzene rings is 1. The first-order valence-corrected chi connectivity index (χ1v) is 7.26. The summed E-state index contributed by atoms with van der Waals surface area (Å²) in [5.74, 6) is -3.08. The Kier molecular flexibility index (Phi) is 5.35. The minimum absolute atomic E-state index is 0.142. The maximum atomic E-state index is 11.8. The Bertz CT molecular complexity index is 722. The molecule has 1 atom stereocenters. The monoisotopic (exact) mass is 318 g/mol. The second kappa shape index (κ2) is 7.44. The second-order valence-electron chi connectivity index (χ2n) is 5.27. The fraction of sp³-hybridized carbons (Fsp3) is 0.312. The zero-order valence-electron chi connectivity index (χ0n) is 12.4. The topological polar surface area (TPSA) is 119 Å². The van der Waals surface area contributed by atoms with E-state index < -0.39 is 30.3 Å². The molecule has 0 aliphatic heterocycles. The van der Waals surface area contributed by atoms with Gasteiger partial charge in [0.15, 0.2) is 0 Å². The number of aryl methyl sites for hydroxylation is 1. The summed E-state index contributed by atoms with van der Waals surface area (Å²) in [5, 5.41) is 20.8. The van der Waals surface area contributed by atoms with Crippen molar-refractivity contribution in [2.75, 3.05) is 0 Å². The number of amides is 1. The van der Waals surface area contributed by atoms with Crippen LogP contribution in [0.25, 0.3) is 10.9 Å². The van der Waals surface area contributed by atoms with E-state index in [-0.39, 0.29) is 6.42 Å². The lowest BCUT2D eigenvalue weighted by Gasteiger charge is -2.12. The van der Waals surface area contributed by atoms with Crippen LogP contribution >= 0.6 is 0 Å². The molecule has 1 aromatic carbocycles. The molecule has 1 heterocycles. The van der Waals surface area contributed by atoms with Crippen LogP contribution in [0.4, 0.5) is 0 Å². The van der Waals surface area contributed by atoms with E-state index in [4.69, 9.17) is 10.2 Å².